The lowest BCUT2D eigenvalue weighted by atomic mass is 9.98. The van der Waals surface area contributed by atoms with Gasteiger partial charge in [0.2, 0.25) is 0 Å². The van der Waals surface area contributed by atoms with Crippen LogP contribution in [0.25, 0.3) is 21.8 Å². The standard InChI is InChI=1S/C26H37N3O2.C21H29N3O/c1-3-10-29-24-5-4-21(26(30)28-12-6-19(2)7-13-28)15-22(24)23-17-27(11-8-25(23)29)16-20-9-14-31-18-20;1-3-10-24-19-5-4-16(21(25)23-11-7-15(2)8-12-23)13-17(19)18-14-22-9-6-20(18)24/h4-5,15,19-20H,3,6-14,16-18H2,1-2H3;4-5,13,15,22H,3,6-12,14H2,1-2H3. The van der Waals surface area contributed by atoms with Crippen LogP contribution in [-0.4, -0.2) is 94.7 Å². The third kappa shape index (κ3) is 8.06. The molecule has 1 atom stereocenters. The summed E-state index contributed by atoms with van der Waals surface area (Å²) in [6.45, 7) is 21.8. The number of hydrogen-bond acceptors (Lipinski definition) is 5. The minimum atomic E-state index is 0.203. The van der Waals surface area contributed by atoms with E-state index < -0.39 is 0 Å². The first-order valence-electron chi connectivity index (χ1n) is 22.2. The van der Waals surface area contributed by atoms with Gasteiger partial charge in [0.15, 0.2) is 0 Å². The average molecular weight is 763 g/mol. The zero-order chi connectivity index (χ0) is 38.8. The lowest BCUT2D eigenvalue weighted by molar-refractivity contribution is 0.0689. The van der Waals surface area contributed by atoms with Gasteiger partial charge < -0.3 is 29.0 Å². The molecule has 3 saturated heterocycles. The SMILES string of the molecule is CCCn1c2c(c3cc(C(=O)N4CCC(C)CC4)ccc31)CN(CC1CCOC1)CC2.CCCn1c2c(c3cc(C(=O)N4CCC(C)CC4)ccc31)CNCC2. The molecule has 2 aromatic heterocycles. The molecule has 4 aromatic rings. The van der Waals surface area contributed by atoms with Gasteiger partial charge in [0.1, 0.15) is 0 Å². The number of fused-ring (bicyclic) bond motifs is 6. The van der Waals surface area contributed by atoms with Crippen molar-refractivity contribution >= 4 is 33.6 Å². The summed E-state index contributed by atoms with van der Waals surface area (Å²) in [7, 11) is 0. The fraction of sp³-hybridized carbons (Fsp3) is 0.617. The number of rotatable bonds is 8. The summed E-state index contributed by atoms with van der Waals surface area (Å²) in [6, 6.07) is 12.8. The van der Waals surface area contributed by atoms with E-state index >= 15 is 0 Å². The zero-order valence-corrected chi connectivity index (χ0v) is 34.7. The first-order chi connectivity index (χ1) is 27.3. The van der Waals surface area contributed by atoms with Crippen LogP contribution in [0.3, 0.4) is 0 Å². The van der Waals surface area contributed by atoms with Crippen molar-refractivity contribution in [3.05, 3.63) is 70.0 Å². The molecule has 56 heavy (non-hydrogen) atoms. The summed E-state index contributed by atoms with van der Waals surface area (Å²) in [5.41, 5.74) is 10.1. The van der Waals surface area contributed by atoms with Gasteiger partial charge in [-0.3, -0.25) is 14.5 Å². The summed E-state index contributed by atoms with van der Waals surface area (Å²) < 4.78 is 10.6. The Morgan fingerprint density at radius 2 is 1.27 bits per heavy atom. The topological polar surface area (TPSA) is 75.0 Å². The van der Waals surface area contributed by atoms with Crippen LogP contribution in [0.2, 0.25) is 0 Å². The Morgan fingerprint density at radius 3 is 1.80 bits per heavy atom. The van der Waals surface area contributed by atoms with Gasteiger partial charge in [-0.25, -0.2) is 0 Å². The van der Waals surface area contributed by atoms with Crippen LogP contribution in [0.5, 0.6) is 0 Å². The first-order valence-corrected chi connectivity index (χ1v) is 22.2. The van der Waals surface area contributed by atoms with Gasteiger partial charge in [0.25, 0.3) is 11.8 Å². The Labute approximate surface area is 334 Å². The lowest BCUT2D eigenvalue weighted by Crippen LogP contribution is -2.37. The zero-order valence-electron chi connectivity index (χ0n) is 34.7. The van der Waals surface area contributed by atoms with Crippen molar-refractivity contribution in [2.45, 2.75) is 112 Å². The maximum atomic E-state index is 13.2. The van der Waals surface area contributed by atoms with Crippen molar-refractivity contribution < 1.29 is 14.3 Å². The van der Waals surface area contributed by atoms with E-state index in [9.17, 15) is 9.59 Å². The van der Waals surface area contributed by atoms with Crippen molar-refractivity contribution in [3.63, 3.8) is 0 Å². The number of carbonyl (C=O) groups excluding carboxylic acids is 2. The van der Waals surface area contributed by atoms with Gasteiger partial charge in [0, 0.05) is 136 Å². The largest absolute Gasteiger partial charge is 0.381 e. The minimum Gasteiger partial charge on any atom is -0.381 e. The normalized spacial score (nSPS) is 21.0. The van der Waals surface area contributed by atoms with Crippen LogP contribution < -0.4 is 5.32 Å². The number of hydrogen-bond donors (Lipinski definition) is 1. The minimum absolute atomic E-state index is 0.203. The van der Waals surface area contributed by atoms with E-state index in [1.807, 2.05) is 11.0 Å². The van der Waals surface area contributed by atoms with E-state index in [1.54, 1.807) is 0 Å². The highest BCUT2D eigenvalue weighted by atomic mass is 16.5. The third-order valence-corrected chi connectivity index (χ3v) is 13.5. The van der Waals surface area contributed by atoms with Gasteiger partial charge in [-0.15, -0.1) is 0 Å². The Bertz CT molecular complexity index is 2010. The van der Waals surface area contributed by atoms with Crippen LogP contribution in [0.4, 0.5) is 0 Å². The van der Waals surface area contributed by atoms with E-state index in [0.717, 1.165) is 160 Å². The van der Waals surface area contributed by atoms with Crippen molar-refractivity contribution in [3.8, 4) is 0 Å². The molecule has 1 unspecified atom stereocenters. The molecule has 1 N–H and O–H groups in total. The van der Waals surface area contributed by atoms with E-state index in [4.69, 9.17) is 4.74 Å². The number of benzene rings is 2. The quantitative estimate of drug-likeness (QED) is 0.198. The van der Waals surface area contributed by atoms with E-state index in [2.05, 4.69) is 82.3 Å². The van der Waals surface area contributed by atoms with Crippen molar-refractivity contribution in [1.82, 2.24) is 29.2 Å². The Hall–Kier alpha value is -3.66. The predicted octanol–water partition coefficient (Wildman–Crippen LogP) is 7.89. The summed E-state index contributed by atoms with van der Waals surface area (Å²) >= 11 is 0. The maximum absolute atomic E-state index is 13.2. The summed E-state index contributed by atoms with van der Waals surface area (Å²) in [5.74, 6) is 2.56. The van der Waals surface area contributed by atoms with Gasteiger partial charge in [0.05, 0.1) is 6.61 Å². The predicted molar refractivity (Wildman–Crippen MR) is 226 cm³/mol. The van der Waals surface area contributed by atoms with E-state index in [1.165, 1.54) is 50.7 Å². The molecule has 0 saturated carbocycles. The molecule has 302 valence electrons. The third-order valence-electron chi connectivity index (χ3n) is 13.5. The summed E-state index contributed by atoms with van der Waals surface area (Å²) in [5, 5.41) is 6.07. The monoisotopic (exact) mass is 763 g/mol. The molecule has 7 heterocycles. The molecule has 9 nitrogen and oxygen atoms in total. The number of piperidine rings is 2. The van der Waals surface area contributed by atoms with Crippen LogP contribution in [0.1, 0.15) is 116 Å². The van der Waals surface area contributed by atoms with Gasteiger partial charge in [-0.2, -0.15) is 0 Å². The summed E-state index contributed by atoms with van der Waals surface area (Å²) in [6.07, 6.45) is 10.1. The molecule has 0 spiro atoms. The molecule has 2 aromatic carbocycles. The highest BCUT2D eigenvalue weighted by Crippen LogP contribution is 2.34. The van der Waals surface area contributed by atoms with Gasteiger partial charge >= 0.3 is 0 Å². The number of aryl methyl sites for hydroxylation is 2. The second-order valence-electron chi connectivity index (χ2n) is 17.7. The molecule has 0 radical (unpaired) electrons. The highest BCUT2D eigenvalue weighted by molar-refractivity contribution is 6.00. The number of amides is 2. The van der Waals surface area contributed by atoms with Crippen molar-refractivity contribution in [2.24, 2.45) is 17.8 Å². The number of nitrogens with one attached hydrogen (secondary N) is 1. The van der Waals surface area contributed by atoms with Gasteiger partial charge in [-0.1, -0.05) is 27.7 Å². The number of nitrogens with zero attached hydrogens (tertiary/aromatic N) is 5. The van der Waals surface area contributed by atoms with Crippen LogP contribution >= 0.6 is 0 Å². The second-order valence-corrected chi connectivity index (χ2v) is 17.7. The Morgan fingerprint density at radius 1 is 0.714 bits per heavy atom. The van der Waals surface area contributed by atoms with Crippen LogP contribution in [0, 0.1) is 17.8 Å². The molecular formula is C47H66N6O3. The number of carbonyl (C=O) groups is 2. The molecular weight excluding hydrogens is 697 g/mol. The van der Waals surface area contributed by atoms with E-state index in [0.29, 0.717) is 5.92 Å². The number of aromatic nitrogens is 2. The average Bonchev–Trinajstić information content (AvgIpc) is 3.94. The molecule has 5 aliphatic heterocycles. The maximum Gasteiger partial charge on any atom is 0.253 e. The fourth-order valence-corrected chi connectivity index (χ4v) is 10.1. The molecule has 9 rings (SSSR count). The first kappa shape index (κ1) is 39.2. The fourth-order valence-electron chi connectivity index (χ4n) is 10.1. The molecule has 0 aliphatic carbocycles. The van der Waals surface area contributed by atoms with Gasteiger partial charge in [-0.05, 0) is 110 Å². The van der Waals surface area contributed by atoms with Crippen molar-refractivity contribution in [1.29, 1.82) is 0 Å². The van der Waals surface area contributed by atoms with Crippen molar-refractivity contribution in [2.75, 3.05) is 59.0 Å². The van der Waals surface area contributed by atoms with Crippen LogP contribution in [-0.2, 0) is 43.8 Å². The molecule has 5 aliphatic rings. The number of ether oxygens (including phenoxy) is 1. The lowest BCUT2D eigenvalue weighted by Gasteiger charge is -2.30. The number of likely N-dealkylation sites (tertiary alicyclic amines) is 2. The second kappa shape index (κ2) is 17.5. The molecule has 2 amide bonds. The highest BCUT2D eigenvalue weighted by Gasteiger charge is 2.29. The molecule has 3 fully saturated rings. The smallest absolute Gasteiger partial charge is 0.253 e. The summed E-state index contributed by atoms with van der Waals surface area (Å²) in [4.78, 5) is 32.9. The molecule has 0 bridgehead atoms. The Balaban J connectivity index is 0.000000161. The molecule has 9 heteroatoms. The van der Waals surface area contributed by atoms with E-state index in [-0.39, 0.29) is 11.8 Å². The van der Waals surface area contributed by atoms with Crippen LogP contribution in [0.15, 0.2) is 36.4 Å². The Kier molecular flexibility index (Phi) is 12.2.